The van der Waals surface area contributed by atoms with E-state index < -0.39 is 0 Å². The third kappa shape index (κ3) is 4.03. The molecular weight excluding hydrogens is 356 g/mol. The van der Waals surface area contributed by atoms with Crippen LogP contribution in [0.2, 0.25) is 0 Å². The largest absolute Gasteiger partial charge is 0.454 e. The van der Waals surface area contributed by atoms with Gasteiger partial charge in [-0.25, -0.2) is 9.97 Å². The van der Waals surface area contributed by atoms with Gasteiger partial charge in [0, 0.05) is 20.1 Å². The van der Waals surface area contributed by atoms with Crippen LogP contribution >= 0.6 is 0 Å². The fourth-order valence-corrected chi connectivity index (χ4v) is 2.90. The zero-order chi connectivity index (χ0) is 19.3. The summed E-state index contributed by atoms with van der Waals surface area (Å²) in [6.45, 7) is 1.31. The maximum Gasteiger partial charge on any atom is 0.271 e. The van der Waals surface area contributed by atoms with E-state index in [0.29, 0.717) is 24.7 Å². The lowest BCUT2D eigenvalue weighted by Crippen LogP contribution is -2.24. The van der Waals surface area contributed by atoms with E-state index >= 15 is 0 Å². The van der Waals surface area contributed by atoms with Gasteiger partial charge < -0.3 is 19.7 Å². The minimum Gasteiger partial charge on any atom is -0.454 e. The monoisotopic (exact) mass is 376 g/mol. The van der Waals surface area contributed by atoms with Crippen LogP contribution in [0.1, 0.15) is 21.6 Å². The zero-order valence-corrected chi connectivity index (χ0v) is 15.5. The first kappa shape index (κ1) is 17.8. The predicted molar refractivity (Wildman–Crippen MR) is 104 cm³/mol. The number of carbonyl (C=O) groups is 1. The van der Waals surface area contributed by atoms with Gasteiger partial charge in [-0.15, -0.1) is 0 Å². The maximum absolute atomic E-state index is 12.3. The fraction of sp³-hybridized carbons (Fsp3) is 0.190. The van der Waals surface area contributed by atoms with Crippen molar-refractivity contribution >= 4 is 11.7 Å². The Morgan fingerprint density at radius 3 is 2.64 bits per heavy atom. The van der Waals surface area contributed by atoms with Crippen LogP contribution in [-0.4, -0.2) is 29.7 Å². The number of nitrogens with one attached hydrogen (secondary N) is 1. The molecule has 7 nitrogen and oxygen atoms in total. The SMILES string of the molecule is CN(Cc1ccccc1)c1cnc(C(=O)NCc2ccc3c(c2)OCO3)cn1. The van der Waals surface area contributed by atoms with Crippen LogP contribution in [0.4, 0.5) is 5.82 Å². The summed E-state index contributed by atoms with van der Waals surface area (Å²) in [4.78, 5) is 22.9. The molecule has 0 saturated carbocycles. The number of nitrogens with zero attached hydrogens (tertiary/aromatic N) is 3. The quantitative estimate of drug-likeness (QED) is 0.713. The van der Waals surface area contributed by atoms with E-state index in [2.05, 4.69) is 27.4 Å². The van der Waals surface area contributed by atoms with Crippen LogP contribution < -0.4 is 19.7 Å². The Balaban J connectivity index is 1.34. The second-order valence-corrected chi connectivity index (χ2v) is 6.47. The van der Waals surface area contributed by atoms with Gasteiger partial charge in [-0.2, -0.15) is 0 Å². The molecule has 0 aliphatic carbocycles. The molecule has 0 saturated heterocycles. The third-order valence-electron chi connectivity index (χ3n) is 4.41. The molecule has 3 aromatic rings. The Kier molecular flexibility index (Phi) is 5.05. The number of aromatic nitrogens is 2. The van der Waals surface area contributed by atoms with Crippen LogP contribution in [-0.2, 0) is 13.1 Å². The van der Waals surface area contributed by atoms with Crippen molar-refractivity contribution in [3.05, 3.63) is 77.7 Å². The first-order chi connectivity index (χ1) is 13.7. The van der Waals surface area contributed by atoms with Gasteiger partial charge in [0.25, 0.3) is 5.91 Å². The van der Waals surface area contributed by atoms with E-state index in [4.69, 9.17) is 9.47 Å². The second kappa shape index (κ2) is 7.96. The molecule has 1 aliphatic rings. The lowest BCUT2D eigenvalue weighted by molar-refractivity contribution is 0.0945. The zero-order valence-electron chi connectivity index (χ0n) is 15.5. The van der Waals surface area contributed by atoms with Gasteiger partial charge >= 0.3 is 0 Å². The third-order valence-corrected chi connectivity index (χ3v) is 4.41. The van der Waals surface area contributed by atoms with Crippen molar-refractivity contribution in [2.45, 2.75) is 13.1 Å². The highest BCUT2D eigenvalue weighted by atomic mass is 16.7. The number of carbonyl (C=O) groups excluding carboxylic acids is 1. The molecule has 4 rings (SSSR count). The van der Waals surface area contributed by atoms with Gasteiger partial charge in [-0.3, -0.25) is 4.79 Å². The summed E-state index contributed by atoms with van der Waals surface area (Å²) in [5.74, 6) is 1.84. The number of rotatable bonds is 6. The van der Waals surface area contributed by atoms with Gasteiger partial charge in [0.2, 0.25) is 6.79 Å². The van der Waals surface area contributed by atoms with Crippen molar-refractivity contribution in [3.63, 3.8) is 0 Å². The smallest absolute Gasteiger partial charge is 0.271 e. The molecule has 7 heteroatoms. The molecule has 2 aromatic carbocycles. The highest BCUT2D eigenvalue weighted by Gasteiger charge is 2.14. The van der Waals surface area contributed by atoms with Crippen LogP contribution in [0.25, 0.3) is 0 Å². The standard InChI is InChI=1S/C21H20N4O3/c1-25(13-15-5-3-2-4-6-15)20-12-22-17(11-23-20)21(26)24-10-16-7-8-18-19(9-16)28-14-27-18/h2-9,11-12H,10,13-14H2,1H3,(H,24,26). The molecule has 2 heterocycles. The summed E-state index contributed by atoms with van der Waals surface area (Å²) in [5.41, 5.74) is 2.37. The summed E-state index contributed by atoms with van der Waals surface area (Å²) < 4.78 is 10.6. The summed E-state index contributed by atoms with van der Waals surface area (Å²) in [5, 5.41) is 2.84. The minimum atomic E-state index is -0.276. The number of hydrogen-bond donors (Lipinski definition) is 1. The van der Waals surface area contributed by atoms with Crippen LogP contribution in [0.5, 0.6) is 11.5 Å². The summed E-state index contributed by atoms with van der Waals surface area (Å²) in [6.07, 6.45) is 3.10. The first-order valence-corrected chi connectivity index (χ1v) is 8.93. The summed E-state index contributed by atoms with van der Waals surface area (Å²) >= 11 is 0. The molecule has 142 valence electrons. The molecule has 0 unspecified atom stereocenters. The number of ether oxygens (including phenoxy) is 2. The molecule has 0 spiro atoms. The molecule has 0 bridgehead atoms. The normalized spacial score (nSPS) is 11.9. The number of fused-ring (bicyclic) bond motifs is 1. The highest BCUT2D eigenvalue weighted by Crippen LogP contribution is 2.32. The Labute approximate surface area is 163 Å². The molecule has 1 N–H and O–H groups in total. The molecule has 0 atom stereocenters. The van der Waals surface area contributed by atoms with Crippen LogP contribution in [0.15, 0.2) is 60.9 Å². The van der Waals surface area contributed by atoms with E-state index in [1.54, 1.807) is 6.20 Å². The van der Waals surface area contributed by atoms with E-state index in [0.717, 1.165) is 11.3 Å². The van der Waals surface area contributed by atoms with Gasteiger partial charge in [0.15, 0.2) is 11.5 Å². The van der Waals surface area contributed by atoms with E-state index in [9.17, 15) is 4.79 Å². The molecule has 0 radical (unpaired) electrons. The fourth-order valence-electron chi connectivity index (χ4n) is 2.90. The predicted octanol–water partition coefficient (Wildman–Crippen LogP) is 2.77. The van der Waals surface area contributed by atoms with E-state index in [1.807, 2.05) is 48.3 Å². The Bertz CT molecular complexity index is 961. The minimum absolute atomic E-state index is 0.228. The number of amides is 1. The van der Waals surface area contributed by atoms with Crippen LogP contribution in [0, 0.1) is 0 Å². The highest BCUT2D eigenvalue weighted by molar-refractivity contribution is 5.92. The topological polar surface area (TPSA) is 76.6 Å². The number of benzene rings is 2. The van der Waals surface area contributed by atoms with Crippen molar-refractivity contribution in [2.24, 2.45) is 0 Å². The summed E-state index contributed by atoms with van der Waals surface area (Å²) in [6, 6.07) is 15.7. The Morgan fingerprint density at radius 2 is 1.86 bits per heavy atom. The lowest BCUT2D eigenvalue weighted by Gasteiger charge is -2.17. The van der Waals surface area contributed by atoms with Gasteiger partial charge in [-0.1, -0.05) is 36.4 Å². The molecular formula is C21H20N4O3. The van der Waals surface area contributed by atoms with Crippen molar-refractivity contribution in [2.75, 3.05) is 18.7 Å². The Morgan fingerprint density at radius 1 is 1.04 bits per heavy atom. The molecule has 1 amide bonds. The van der Waals surface area contributed by atoms with E-state index in [1.165, 1.54) is 11.8 Å². The van der Waals surface area contributed by atoms with Crippen molar-refractivity contribution in [3.8, 4) is 11.5 Å². The number of hydrogen-bond acceptors (Lipinski definition) is 6. The number of anilines is 1. The average molecular weight is 376 g/mol. The molecule has 1 aromatic heterocycles. The molecule has 1 aliphatic heterocycles. The van der Waals surface area contributed by atoms with Crippen molar-refractivity contribution in [1.82, 2.24) is 15.3 Å². The van der Waals surface area contributed by atoms with Crippen molar-refractivity contribution in [1.29, 1.82) is 0 Å². The van der Waals surface area contributed by atoms with Crippen molar-refractivity contribution < 1.29 is 14.3 Å². The second-order valence-electron chi connectivity index (χ2n) is 6.47. The molecule has 0 fully saturated rings. The average Bonchev–Trinajstić information content (AvgIpc) is 3.21. The van der Waals surface area contributed by atoms with Gasteiger partial charge in [0.05, 0.1) is 12.4 Å². The summed E-state index contributed by atoms with van der Waals surface area (Å²) in [7, 11) is 1.94. The first-order valence-electron chi connectivity index (χ1n) is 8.93. The maximum atomic E-state index is 12.3. The van der Waals surface area contributed by atoms with Gasteiger partial charge in [0.1, 0.15) is 11.5 Å². The molecule has 28 heavy (non-hydrogen) atoms. The van der Waals surface area contributed by atoms with Crippen LogP contribution in [0.3, 0.4) is 0 Å². The Hall–Kier alpha value is -3.61. The van der Waals surface area contributed by atoms with E-state index in [-0.39, 0.29) is 18.4 Å². The van der Waals surface area contributed by atoms with Gasteiger partial charge in [-0.05, 0) is 23.3 Å². The lowest BCUT2D eigenvalue weighted by atomic mass is 10.2.